The molecule has 0 radical (unpaired) electrons. The van der Waals surface area contributed by atoms with E-state index < -0.39 is 0 Å². The fraction of sp³-hybridized carbons (Fsp3) is 1.00. The molecule has 3 unspecified atom stereocenters. The highest BCUT2D eigenvalue weighted by Gasteiger charge is 2.31. The molecule has 0 bridgehead atoms. The first-order valence-electron chi connectivity index (χ1n) is 2.73. The lowest BCUT2D eigenvalue weighted by atomic mass is 9.77. The van der Waals surface area contributed by atoms with Crippen LogP contribution in [0, 0.1) is 5.92 Å². The van der Waals surface area contributed by atoms with Crippen LogP contribution in [0.25, 0.3) is 0 Å². The third-order valence-corrected chi connectivity index (χ3v) is 1.80. The van der Waals surface area contributed by atoms with Crippen LogP contribution in [-0.2, 0) is 0 Å². The normalized spacial score (nSPS) is 51.0. The SMILES string of the molecule is CC1CC(N)C1N. The molecular formula is C5H12N2. The summed E-state index contributed by atoms with van der Waals surface area (Å²) in [6, 6.07) is 0.565. The van der Waals surface area contributed by atoms with E-state index in [4.69, 9.17) is 11.5 Å². The van der Waals surface area contributed by atoms with Crippen molar-refractivity contribution >= 4 is 0 Å². The minimum Gasteiger partial charge on any atom is -0.326 e. The fourth-order valence-electron chi connectivity index (χ4n) is 0.970. The van der Waals surface area contributed by atoms with Gasteiger partial charge in [0.1, 0.15) is 0 Å². The van der Waals surface area contributed by atoms with E-state index in [2.05, 4.69) is 6.92 Å². The molecule has 0 saturated heterocycles. The number of rotatable bonds is 0. The predicted molar refractivity (Wildman–Crippen MR) is 29.7 cm³/mol. The van der Waals surface area contributed by atoms with Crippen LogP contribution < -0.4 is 11.5 Å². The minimum absolute atomic E-state index is 0.278. The second-order valence-corrected chi connectivity index (χ2v) is 2.45. The third-order valence-electron chi connectivity index (χ3n) is 1.80. The fourth-order valence-corrected chi connectivity index (χ4v) is 0.970. The van der Waals surface area contributed by atoms with Gasteiger partial charge in [-0.3, -0.25) is 0 Å². The Labute approximate surface area is 43.9 Å². The highest BCUT2D eigenvalue weighted by atomic mass is 14.8. The van der Waals surface area contributed by atoms with Crippen molar-refractivity contribution in [2.24, 2.45) is 17.4 Å². The Kier molecular flexibility index (Phi) is 1.05. The van der Waals surface area contributed by atoms with Crippen LogP contribution in [-0.4, -0.2) is 12.1 Å². The van der Waals surface area contributed by atoms with Crippen LogP contribution in [0.5, 0.6) is 0 Å². The van der Waals surface area contributed by atoms with Gasteiger partial charge in [-0.25, -0.2) is 0 Å². The average Bonchev–Trinajstić information content (AvgIpc) is 1.68. The summed E-state index contributed by atoms with van der Waals surface area (Å²) in [6.45, 7) is 2.13. The first-order valence-corrected chi connectivity index (χ1v) is 2.73. The van der Waals surface area contributed by atoms with Crippen molar-refractivity contribution in [3.8, 4) is 0 Å². The molecule has 0 heterocycles. The van der Waals surface area contributed by atoms with Crippen molar-refractivity contribution in [1.29, 1.82) is 0 Å². The van der Waals surface area contributed by atoms with Gasteiger partial charge in [-0.15, -0.1) is 0 Å². The quantitative estimate of drug-likeness (QED) is 0.438. The summed E-state index contributed by atoms with van der Waals surface area (Å²) in [5, 5.41) is 0. The van der Waals surface area contributed by atoms with Gasteiger partial charge in [0.2, 0.25) is 0 Å². The molecule has 0 spiro atoms. The molecule has 0 aromatic heterocycles. The van der Waals surface area contributed by atoms with E-state index in [1.165, 1.54) is 0 Å². The van der Waals surface area contributed by atoms with Crippen molar-refractivity contribution in [3.05, 3.63) is 0 Å². The van der Waals surface area contributed by atoms with Gasteiger partial charge in [0.05, 0.1) is 0 Å². The number of hydrogen-bond donors (Lipinski definition) is 2. The first kappa shape index (κ1) is 5.06. The van der Waals surface area contributed by atoms with E-state index >= 15 is 0 Å². The molecule has 2 nitrogen and oxygen atoms in total. The van der Waals surface area contributed by atoms with Crippen molar-refractivity contribution in [2.45, 2.75) is 25.4 Å². The summed E-state index contributed by atoms with van der Waals surface area (Å²) >= 11 is 0. The van der Waals surface area contributed by atoms with Gasteiger partial charge < -0.3 is 11.5 Å². The van der Waals surface area contributed by atoms with Crippen LogP contribution >= 0.6 is 0 Å². The van der Waals surface area contributed by atoms with Crippen molar-refractivity contribution in [3.63, 3.8) is 0 Å². The van der Waals surface area contributed by atoms with E-state index in [-0.39, 0.29) is 12.1 Å². The topological polar surface area (TPSA) is 52.0 Å². The summed E-state index contributed by atoms with van der Waals surface area (Å²) in [4.78, 5) is 0. The molecule has 42 valence electrons. The third kappa shape index (κ3) is 0.640. The summed E-state index contributed by atoms with van der Waals surface area (Å²) in [5.74, 6) is 0.662. The maximum atomic E-state index is 5.54. The molecule has 7 heavy (non-hydrogen) atoms. The molecule has 0 aliphatic heterocycles. The Morgan fingerprint density at radius 3 is 2.00 bits per heavy atom. The standard InChI is InChI=1S/C5H12N2/c1-3-2-4(6)5(3)7/h3-5H,2,6-7H2,1H3. The molecule has 1 rings (SSSR count). The summed E-state index contributed by atoms with van der Waals surface area (Å²) < 4.78 is 0. The molecule has 4 N–H and O–H groups in total. The molecule has 0 aromatic rings. The molecule has 1 fully saturated rings. The minimum atomic E-state index is 0.278. The highest BCUT2D eigenvalue weighted by molar-refractivity contribution is 4.92. The average molecular weight is 100 g/mol. The van der Waals surface area contributed by atoms with E-state index in [9.17, 15) is 0 Å². The van der Waals surface area contributed by atoms with Gasteiger partial charge in [-0.1, -0.05) is 6.92 Å². The Morgan fingerprint density at radius 1 is 1.43 bits per heavy atom. The van der Waals surface area contributed by atoms with E-state index in [0.717, 1.165) is 6.42 Å². The van der Waals surface area contributed by atoms with Gasteiger partial charge in [-0.05, 0) is 12.3 Å². The summed E-state index contributed by atoms with van der Waals surface area (Å²) in [6.07, 6.45) is 1.11. The van der Waals surface area contributed by atoms with Crippen LogP contribution in [0.1, 0.15) is 13.3 Å². The largest absolute Gasteiger partial charge is 0.326 e. The Hall–Kier alpha value is -0.0800. The summed E-state index contributed by atoms with van der Waals surface area (Å²) in [5.41, 5.74) is 11.0. The lowest BCUT2D eigenvalue weighted by Crippen LogP contribution is -2.56. The zero-order valence-electron chi connectivity index (χ0n) is 4.59. The maximum absolute atomic E-state index is 5.54. The Bertz CT molecular complexity index is 64.5. The second-order valence-electron chi connectivity index (χ2n) is 2.45. The smallest absolute Gasteiger partial charge is 0.0219 e. The van der Waals surface area contributed by atoms with Gasteiger partial charge in [0, 0.05) is 12.1 Å². The lowest BCUT2D eigenvalue weighted by molar-refractivity contribution is 0.232. The van der Waals surface area contributed by atoms with Crippen molar-refractivity contribution in [1.82, 2.24) is 0 Å². The highest BCUT2D eigenvalue weighted by Crippen LogP contribution is 2.22. The Morgan fingerprint density at radius 2 is 2.00 bits per heavy atom. The zero-order valence-corrected chi connectivity index (χ0v) is 4.59. The van der Waals surface area contributed by atoms with Crippen LogP contribution in [0.4, 0.5) is 0 Å². The summed E-state index contributed by atoms with van der Waals surface area (Å²) in [7, 11) is 0. The zero-order chi connectivity index (χ0) is 5.44. The molecule has 1 aliphatic rings. The number of nitrogens with two attached hydrogens (primary N) is 2. The van der Waals surface area contributed by atoms with Crippen LogP contribution in [0.15, 0.2) is 0 Å². The molecule has 2 heteroatoms. The van der Waals surface area contributed by atoms with E-state index in [1.807, 2.05) is 0 Å². The molecule has 0 aromatic carbocycles. The monoisotopic (exact) mass is 100 g/mol. The number of hydrogen-bond acceptors (Lipinski definition) is 2. The molecule has 0 amide bonds. The maximum Gasteiger partial charge on any atom is 0.0219 e. The second kappa shape index (κ2) is 1.46. The van der Waals surface area contributed by atoms with Gasteiger partial charge in [0.25, 0.3) is 0 Å². The van der Waals surface area contributed by atoms with E-state index in [0.29, 0.717) is 5.92 Å². The predicted octanol–water partition coefficient (Wildman–Crippen LogP) is -0.319. The van der Waals surface area contributed by atoms with Crippen LogP contribution in [0.3, 0.4) is 0 Å². The Balaban J connectivity index is 2.29. The molecular weight excluding hydrogens is 88.1 g/mol. The van der Waals surface area contributed by atoms with Gasteiger partial charge in [-0.2, -0.15) is 0 Å². The lowest BCUT2D eigenvalue weighted by Gasteiger charge is -2.37. The van der Waals surface area contributed by atoms with Gasteiger partial charge in [0.15, 0.2) is 0 Å². The van der Waals surface area contributed by atoms with Gasteiger partial charge >= 0.3 is 0 Å². The first-order chi connectivity index (χ1) is 3.22. The van der Waals surface area contributed by atoms with Crippen molar-refractivity contribution < 1.29 is 0 Å². The molecule has 3 atom stereocenters. The molecule has 1 saturated carbocycles. The molecule has 1 aliphatic carbocycles. The van der Waals surface area contributed by atoms with Crippen LogP contribution in [0.2, 0.25) is 0 Å². The van der Waals surface area contributed by atoms with Crippen molar-refractivity contribution in [2.75, 3.05) is 0 Å². The van der Waals surface area contributed by atoms with E-state index in [1.54, 1.807) is 0 Å².